The smallest absolute Gasteiger partial charge is 0.243 e. The highest BCUT2D eigenvalue weighted by Crippen LogP contribution is 2.49. The average Bonchev–Trinajstić information content (AvgIpc) is 4.22. The molecule has 2 saturated heterocycles. The standard InChI is InChI=1S/C53H55Cl4N9O10/c1-7-42(67)61-31-10-12-72-24-35(31)60-41-17-30-26(20-58-41)15-33(44-46(54)37(69-4)18-38(70-5)47(44)55)63-51(30)76-23-29-14-28(29)22-75-40-19-39(71-6)48(56)45(49(40)57)34-16-27-21-59-53(66-50(27)52(64-34)74-9-3)65-36-25-73-13-11-32(36)62-43(68)8-2/h7-8,15-21,28-29,31-32,35-36H,1-2,9-14,22-25H2,3-6H3,(H,58,60)(H,61,67)(H,62,68)(H,59,65,66)/t28?,29?,31-,32-,35+,36+/m0/s1. The first-order valence-corrected chi connectivity index (χ1v) is 25.9. The Morgan fingerprint density at radius 3 is 1.75 bits per heavy atom. The molecule has 6 atom stereocenters. The summed E-state index contributed by atoms with van der Waals surface area (Å²) in [6.07, 6.45) is 7.81. The molecule has 400 valence electrons. The Hall–Kier alpha value is -6.61. The summed E-state index contributed by atoms with van der Waals surface area (Å²) in [6.45, 7) is 11.5. The van der Waals surface area contributed by atoms with E-state index in [1.54, 1.807) is 30.6 Å². The maximum absolute atomic E-state index is 12.3. The van der Waals surface area contributed by atoms with Crippen molar-refractivity contribution in [3.8, 4) is 57.3 Å². The zero-order chi connectivity index (χ0) is 53.6. The molecule has 6 heterocycles. The highest BCUT2D eigenvalue weighted by atomic mass is 35.5. The molecule has 4 aromatic heterocycles. The first kappa shape index (κ1) is 54.2. The molecule has 1 saturated carbocycles. The fourth-order valence-corrected chi connectivity index (χ4v) is 10.5. The van der Waals surface area contributed by atoms with Crippen molar-refractivity contribution >= 4 is 91.7 Å². The number of benzene rings is 2. The van der Waals surface area contributed by atoms with E-state index in [0.717, 1.165) is 6.42 Å². The lowest BCUT2D eigenvalue weighted by Gasteiger charge is -2.32. The molecule has 6 aromatic rings. The van der Waals surface area contributed by atoms with Crippen LogP contribution in [0.4, 0.5) is 11.8 Å². The van der Waals surface area contributed by atoms with Crippen molar-refractivity contribution in [1.29, 1.82) is 0 Å². The van der Waals surface area contributed by atoms with Crippen LogP contribution in [0, 0.1) is 11.8 Å². The normalized spacial score (nSPS) is 20.0. The minimum absolute atomic E-state index is 0.0720. The Bertz CT molecular complexity index is 3160. The summed E-state index contributed by atoms with van der Waals surface area (Å²) in [4.78, 5) is 48.4. The number of nitrogens with zero attached hydrogens (tertiary/aromatic N) is 5. The molecule has 9 rings (SSSR count). The Kier molecular flexibility index (Phi) is 17.2. The van der Waals surface area contributed by atoms with Crippen molar-refractivity contribution in [1.82, 2.24) is 35.6 Å². The van der Waals surface area contributed by atoms with Crippen LogP contribution in [0.2, 0.25) is 20.1 Å². The number of ether oxygens (including phenoxy) is 8. The van der Waals surface area contributed by atoms with Crippen LogP contribution >= 0.6 is 46.4 Å². The molecule has 1 aliphatic carbocycles. The number of carbonyl (C=O) groups excluding carboxylic acids is 2. The van der Waals surface area contributed by atoms with Gasteiger partial charge in [-0.15, -0.1) is 0 Å². The van der Waals surface area contributed by atoms with Gasteiger partial charge < -0.3 is 59.2 Å². The van der Waals surface area contributed by atoms with Gasteiger partial charge in [-0.2, -0.15) is 0 Å². The second kappa shape index (κ2) is 24.2. The van der Waals surface area contributed by atoms with E-state index in [0.29, 0.717) is 124 Å². The molecule has 19 nitrogen and oxygen atoms in total. The summed E-state index contributed by atoms with van der Waals surface area (Å²) in [5.74, 6) is 2.28. The molecule has 3 aliphatic rings. The van der Waals surface area contributed by atoms with Crippen LogP contribution in [-0.2, 0) is 19.1 Å². The van der Waals surface area contributed by atoms with Gasteiger partial charge in [0.2, 0.25) is 29.5 Å². The monoisotopic (exact) mass is 1120 g/mol. The molecular weight excluding hydrogens is 1060 g/mol. The van der Waals surface area contributed by atoms with E-state index in [2.05, 4.69) is 39.4 Å². The third kappa shape index (κ3) is 11.8. The Balaban J connectivity index is 0.953. The quantitative estimate of drug-likeness (QED) is 0.0494. The summed E-state index contributed by atoms with van der Waals surface area (Å²) >= 11 is 28.0. The molecular formula is C53H55Cl4N9O10. The third-order valence-electron chi connectivity index (χ3n) is 13.3. The summed E-state index contributed by atoms with van der Waals surface area (Å²) in [7, 11) is 4.50. The van der Waals surface area contributed by atoms with Crippen LogP contribution in [-0.4, -0.2) is 128 Å². The molecule has 0 radical (unpaired) electrons. The van der Waals surface area contributed by atoms with Gasteiger partial charge in [0.05, 0.1) is 110 Å². The first-order chi connectivity index (χ1) is 36.8. The number of fused-ring (bicyclic) bond motifs is 2. The lowest BCUT2D eigenvalue weighted by molar-refractivity contribution is -0.118. The molecule has 2 aromatic carbocycles. The lowest BCUT2D eigenvalue weighted by atomic mass is 10.0. The van der Waals surface area contributed by atoms with Gasteiger partial charge in [-0.1, -0.05) is 59.6 Å². The number of anilines is 2. The molecule has 2 aliphatic heterocycles. The number of hydrogen-bond donors (Lipinski definition) is 4. The van der Waals surface area contributed by atoms with Crippen LogP contribution in [0.5, 0.6) is 34.8 Å². The molecule has 3 fully saturated rings. The van der Waals surface area contributed by atoms with Gasteiger partial charge in [-0.05, 0) is 68.4 Å². The largest absolute Gasteiger partial charge is 0.495 e. The van der Waals surface area contributed by atoms with Crippen molar-refractivity contribution in [2.75, 3.05) is 78.2 Å². The van der Waals surface area contributed by atoms with E-state index in [-0.39, 0.29) is 93.6 Å². The maximum atomic E-state index is 12.3. The van der Waals surface area contributed by atoms with Crippen LogP contribution in [0.3, 0.4) is 0 Å². The number of carbonyl (C=O) groups is 2. The number of nitrogens with one attached hydrogen (secondary N) is 4. The average molecular weight is 1120 g/mol. The van der Waals surface area contributed by atoms with E-state index in [1.165, 1.54) is 33.5 Å². The van der Waals surface area contributed by atoms with Gasteiger partial charge in [0.15, 0.2) is 0 Å². The first-order valence-electron chi connectivity index (χ1n) is 24.4. The number of aromatic nitrogens is 5. The highest BCUT2D eigenvalue weighted by Gasteiger charge is 2.39. The topological polar surface area (TPSA) is 221 Å². The number of hydrogen-bond acceptors (Lipinski definition) is 17. The zero-order valence-electron chi connectivity index (χ0n) is 42.0. The van der Waals surface area contributed by atoms with Crippen molar-refractivity contribution in [3.05, 3.63) is 88.1 Å². The summed E-state index contributed by atoms with van der Waals surface area (Å²) < 4.78 is 47.4. The van der Waals surface area contributed by atoms with Gasteiger partial charge >= 0.3 is 0 Å². The van der Waals surface area contributed by atoms with Gasteiger partial charge in [0, 0.05) is 65.0 Å². The molecule has 23 heteroatoms. The number of methoxy groups -OCH3 is 3. The molecule has 0 spiro atoms. The number of rotatable bonds is 21. The predicted octanol–water partition coefficient (Wildman–Crippen LogP) is 9.18. The van der Waals surface area contributed by atoms with Crippen molar-refractivity contribution in [3.63, 3.8) is 0 Å². The van der Waals surface area contributed by atoms with E-state index in [4.69, 9.17) is 104 Å². The second-order valence-corrected chi connectivity index (χ2v) is 19.6. The van der Waals surface area contributed by atoms with Gasteiger partial charge in [0.1, 0.15) is 34.3 Å². The Labute approximate surface area is 458 Å². The fraction of sp³-hybridized carbons (Fsp3) is 0.377. The van der Waals surface area contributed by atoms with Crippen LogP contribution in [0.25, 0.3) is 44.2 Å². The third-order valence-corrected chi connectivity index (χ3v) is 14.8. The Morgan fingerprint density at radius 1 is 0.645 bits per heavy atom. The fourth-order valence-electron chi connectivity index (χ4n) is 9.10. The number of pyridine rings is 3. The summed E-state index contributed by atoms with van der Waals surface area (Å²) in [5, 5.41) is 15.5. The maximum Gasteiger partial charge on any atom is 0.243 e. The molecule has 4 N–H and O–H groups in total. The van der Waals surface area contributed by atoms with E-state index < -0.39 is 0 Å². The SMILES string of the molecule is C=CC(=O)N[C@H]1CCOC[C@H]1Nc1cc2c(OCC3CC3COc3cc(OC)c(Cl)c(-c4cc5cnc(N[C@@H]6COCC[C@@H]6NC(=O)C=C)nc5c(OCC)n4)c3Cl)nc(-c3c(Cl)c(OC)cc(OC)c3Cl)cc2cn1. The van der Waals surface area contributed by atoms with Gasteiger partial charge in [-0.25, -0.2) is 24.9 Å². The highest BCUT2D eigenvalue weighted by molar-refractivity contribution is 6.41. The summed E-state index contributed by atoms with van der Waals surface area (Å²) in [6, 6.07) is 7.65. The number of halogens is 4. The van der Waals surface area contributed by atoms with Crippen LogP contribution < -0.4 is 49.7 Å². The van der Waals surface area contributed by atoms with E-state index in [1.807, 2.05) is 19.1 Å². The number of amides is 2. The van der Waals surface area contributed by atoms with Crippen LogP contribution in [0.1, 0.15) is 26.2 Å². The van der Waals surface area contributed by atoms with E-state index >= 15 is 0 Å². The molecule has 2 amide bonds. The zero-order valence-corrected chi connectivity index (χ0v) is 45.0. The van der Waals surface area contributed by atoms with Gasteiger partial charge in [0.25, 0.3) is 0 Å². The van der Waals surface area contributed by atoms with Gasteiger partial charge in [-0.3, -0.25) is 9.59 Å². The van der Waals surface area contributed by atoms with Crippen molar-refractivity contribution in [2.45, 2.75) is 50.4 Å². The minimum atomic E-state index is -0.304. The Morgan fingerprint density at radius 2 is 1.17 bits per heavy atom. The van der Waals surface area contributed by atoms with E-state index in [9.17, 15) is 9.59 Å². The molecule has 0 bridgehead atoms. The van der Waals surface area contributed by atoms with Crippen molar-refractivity contribution in [2.24, 2.45) is 11.8 Å². The minimum Gasteiger partial charge on any atom is -0.495 e. The van der Waals surface area contributed by atoms with Crippen LogP contribution in [0.15, 0.2) is 68.0 Å². The van der Waals surface area contributed by atoms with Crippen molar-refractivity contribution < 1.29 is 47.5 Å². The molecule has 76 heavy (non-hydrogen) atoms. The molecule has 2 unspecified atom stereocenters. The summed E-state index contributed by atoms with van der Waals surface area (Å²) in [5.41, 5.74) is 1.97. The predicted molar refractivity (Wildman–Crippen MR) is 291 cm³/mol. The second-order valence-electron chi connectivity index (χ2n) is 18.1. The lowest BCUT2D eigenvalue weighted by Crippen LogP contribution is -2.52.